The first kappa shape index (κ1) is 10.9. The average Bonchev–Trinajstić information content (AvgIpc) is 2.66. The smallest absolute Gasteiger partial charge is 0.154 e. The quantitative estimate of drug-likeness (QED) is 0.830. The molecule has 2 N–H and O–H groups in total. The van der Waals surface area contributed by atoms with Crippen molar-refractivity contribution < 1.29 is 0 Å². The largest absolute Gasteiger partial charge is 0.354 e. The highest BCUT2D eigenvalue weighted by Crippen LogP contribution is 2.19. The van der Waals surface area contributed by atoms with E-state index in [0.717, 1.165) is 17.0 Å². The summed E-state index contributed by atoms with van der Waals surface area (Å²) in [6.07, 6.45) is 3.61. The highest BCUT2D eigenvalue weighted by molar-refractivity contribution is 5.69. The highest BCUT2D eigenvalue weighted by atomic mass is 15.3. The molecule has 2 rings (SSSR count). The van der Waals surface area contributed by atoms with Crippen molar-refractivity contribution in [1.29, 1.82) is 0 Å². The topological polar surface area (TPSA) is 59.5 Å². The summed E-state index contributed by atoms with van der Waals surface area (Å²) in [6, 6.07) is 2.29. The molecule has 0 amide bonds. The SMILES string of the molecule is Cc1cc2c(N(C)C(C)CN)nccn2n1. The van der Waals surface area contributed by atoms with Gasteiger partial charge in [0.05, 0.1) is 5.69 Å². The third kappa shape index (κ3) is 1.74. The molecule has 0 bridgehead atoms. The number of nitrogens with zero attached hydrogens (tertiary/aromatic N) is 4. The molecule has 0 spiro atoms. The van der Waals surface area contributed by atoms with Crippen molar-refractivity contribution >= 4 is 11.3 Å². The Morgan fingerprint density at radius 2 is 2.31 bits per heavy atom. The second-order valence-corrected chi connectivity index (χ2v) is 4.06. The highest BCUT2D eigenvalue weighted by Gasteiger charge is 2.13. The van der Waals surface area contributed by atoms with Crippen molar-refractivity contribution in [1.82, 2.24) is 14.6 Å². The Morgan fingerprint density at radius 1 is 1.56 bits per heavy atom. The molecule has 1 unspecified atom stereocenters. The number of anilines is 1. The summed E-state index contributed by atoms with van der Waals surface area (Å²) < 4.78 is 1.84. The molecule has 0 aliphatic carbocycles. The first-order chi connectivity index (χ1) is 7.63. The molecular weight excluding hydrogens is 202 g/mol. The summed E-state index contributed by atoms with van der Waals surface area (Å²) in [4.78, 5) is 6.48. The second kappa shape index (κ2) is 4.09. The number of nitrogens with two attached hydrogens (primary N) is 1. The molecule has 1 atom stereocenters. The lowest BCUT2D eigenvalue weighted by molar-refractivity contribution is 0.687. The zero-order valence-corrected chi connectivity index (χ0v) is 9.88. The number of hydrogen-bond acceptors (Lipinski definition) is 4. The summed E-state index contributed by atoms with van der Waals surface area (Å²) >= 11 is 0. The molecule has 0 aliphatic rings. The first-order valence-electron chi connectivity index (χ1n) is 5.37. The van der Waals surface area contributed by atoms with Gasteiger partial charge in [-0.2, -0.15) is 5.10 Å². The van der Waals surface area contributed by atoms with Gasteiger partial charge in [-0.3, -0.25) is 0 Å². The Kier molecular flexibility index (Phi) is 2.78. The fourth-order valence-corrected chi connectivity index (χ4v) is 1.67. The number of hydrogen-bond donors (Lipinski definition) is 1. The van der Waals surface area contributed by atoms with E-state index in [1.54, 1.807) is 6.20 Å². The monoisotopic (exact) mass is 219 g/mol. The van der Waals surface area contributed by atoms with Crippen LogP contribution in [0.2, 0.25) is 0 Å². The zero-order chi connectivity index (χ0) is 11.7. The van der Waals surface area contributed by atoms with E-state index in [9.17, 15) is 0 Å². The predicted molar refractivity (Wildman–Crippen MR) is 64.6 cm³/mol. The molecule has 2 aromatic rings. The van der Waals surface area contributed by atoms with Crippen LogP contribution in [-0.2, 0) is 0 Å². The van der Waals surface area contributed by atoms with Crippen LogP contribution < -0.4 is 10.6 Å². The van der Waals surface area contributed by atoms with Gasteiger partial charge in [0, 0.05) is 32.0 Å². The van der Waals surface area contributed by atoms with Crippen LogP contribution in [0, 0.1) is 6.92 Å². The third-order valence-corrected chi connectivity index (χ3v) is 2.83. The third-order valence-electron chi connectivity index (χ3n) is 2.83. The van der Waals surface area contributed by atoms with Gasteiger partial charge >= 0.3 is 0 Å². The number of likely N-dealkylation sites (N-methyl/N-ethyl adjacent to an activating group) is 1. The molecule has 0 saturated carbocycles. The second-order valence-electron chi connectivity index (χ2n) is 4.06. The maximum Gasteiger partial charge on any atom is 0.154 e. The molecule has 2 aromatic heterocycles. The Hall–Kier alpha value is -1.62. The fourth-order valence-electron chi connectivity index (χ4n) is 1.67. The van der Waals surface area contributed by atoms with Crippen LogP contribution in [0.3, 0.4) is 0 Å². The van der Waals surface area contributed by atoms with Crippen LogP contribution in [0.1, 0.15) is 12.6 Å². The average molecular weight is 219 g/mol. The molecule has 16 heavy (non-hydrogen) atoms. The lowest BCUT2D eigenvalue weighted by atomic mass is 10.3. The molecule has 0 aliphatic heterocycles. The van der Waals surface area contributed by atoms with E-state index >= 15 is 0 Å². The molecule has 0 fully saturated rings. The lowest BCUT2D eigenvalue weighted by Gasteiger charge is -2.24. The van der Waals surface area contributed by atoms with E-state index in [1.165, 1.54) is 0 Å². The standard InChI is InChI=1S/C11H17N5/c1-8-6-10-11(15(3)9(2)7-12)13-4-5-16(10)14-8/h4-6,9H,7,12H2,1-3H3. The normalized spacial score (nSPS) is 13.0. The van der Waals surface area contributed by atoms with Crippen molar-refractivity contribution in [3.05, 3.63) is 24.2 Å². The van der Waals surface area contributed by atoms with Crippen molar-refractivity contribution in [3.8, 4) is 0 Å². The molecule has 2 heterocycles. The fraction of sp³-hybridized carbons (Fsp3) is 0.455. The first-order valence-corrected chi connectivity index (χ1v) is 5.37. The Balaban J connectivity index is 2.51. The van der Waals surface area contributed by atoms with Gasteiger partial charge in [0.25, 0.3) is 0 Å². The van der Waals surface area contributed by atoms with E-state index in [2.05, 4.69) is 21.9 Å². The van der Waals surface area contributed by atoms with Gasteiger partial charge in [-0.25, -0.2) is 9.50 Å². The minimum Gasteiger partial charge on any atom is -0.354 e. The molecule has 0 aromatic carbocycles. The predicted octanol–water partition coefficient (Wildman–Crippen LogP) is 0.821. The number of rotatable bonds is 3. The summed E-state index contributed by atoms with van der Waals surface area (Å²) in [5.74, 6) is 0.918. The summed E-state index contributed by atoms with van der Waals surface area (Å²) in [7, 11) is 2.00. The number of fused-ring (bicyclic) bond motifs is 1. The summed E-state index contributed by atoms with van der Waals surface area (Å²) in [6.45, 7) is 4.66. The van der Waals surface area contributed by atoms with Crippen LogP contribution in [0.25, 0.3) is 5.52 Å². The van der Waals surface area contributed by atoms with Gasteiger partial charge in [-0.05, 0) is 19.9 Å². The van der Waals surface area contributed by atoms with E-state index in [-0.39, 0.29) is 6.04 Å². The van der Waals surface area contributed by atoms with Crippen LogP contribution >= 0.6 is 0 Å². The maximum atomic E-state index is 5.67. The lowest BCUT2D eigenvalue weighted by Crippen LogP contribution is -2.36. The van der Waals surface area contributed by atoms with E-state index in [1.807, 2.05) is 30.8 Å². The van der Waals surface area contributed by atoms with E-state index in [4.69, 9.17) is 5.73 Å². The minimum atomic E-state index is 0.258. The van der Waals surface area contributed by atoms with Crippen molar-refractivity contribution in [2.45, 2.75) is 19.9 Å². The molecular formula is C11H17N5. The summed E-state index contributed by atoms with van der Waals surface area (Å²) in [5.41, 5.74) is 7.67. The maximum absolute atomic E-state index is 5.67. The van der Waals surface area contributed by atoms with Crippen molar-refractivity contribution in [3.63, 3.8) is 0 Å². The van der Waals surface area contributed by atoms with Gasteiger partial charge in [0.2, 0.25) is 0 Å². The minimum absolute atomic E-state index is 0.258. The van der Waals surface area contributed by atoms with E-state index < -0.39 is 0 Å². The van der Waals surface area contributed by atoms with Gasteiger partial charge in [0.15, 0.2) is 5.82 Å². The van der Waals surface area contributed by atoms with Crippen LogP contribution in [-0.4, -0.2) is 34.2 Å². The van der Waals surface area contributed by atoms with Gasteiger partial charge in [-0.1, -0.05) is 0 Å². The Labute approximate surface area is 94.9 Å². The van der Waals surface area contributed by atoms with Gasteiger partial charge in [0.1, 0.15) is 5.52 Å². The van der Waals surface area contributed by atoms with Gasteiger partial charge < -0.3 is 10.6 Å². The Morgan fingerprint density at radius 3 is 3.00 bits per heavy atom. The van der Waals surface area contributed by atoms with Crippen molar-refractivity contribution in [2.24, 2.45) is 5.73 Å². The zero-order valence-electron chi connectivity index (χ0n) is 9.88. The number of aromatic nitrogens is 3. The molecule has 86 valence electrons. The molecule has 5 nitrogen and oxygen atoms in total. The molecule has 0 radical (unpaired) electrons. The molecule has 5 heteroatoms. The van der Waals surface area contributed by atoms with E-state index in [0.29, 0.717) is 6.54 Å². The summed E-state index contributed by atoms with van der Waals surface area (Å²) in [5, 5.41) is 4.36. The van der Waals surface area contributed by atoms with Crippen LogP contribution in [0.15, 0.2) is 18.5 Å². The number of aryl methyl sites for hydroxylation is 1. The van der Waals surface area contributed by atoms with Gasteiger partial charge in [-0.15, -0.1) is 0 Å². The van der Waals surface area contributed by atoms with Crippen LogP contribution in [0.5, 0.6) is 0 Å². The van der Waals surface area contributed by atoms with Crippen molar-refractivity contribution in [2.75, 3.05) is 18.5 Å². The Bertz CT molecular complexity index is 490. The van der Waals surface area contributed by atoms with Crippen LogP contribution in [0.4, 0.5) is 5.82 Å². The molecule has 0 saturated heterocycles.